The van der Waals surface area contributed by atoms with Crippen LogP contribution in [-0.4, -0.2) is 22.8 Å². The summed E-state index contributed by atoms with van der Waals surface area (Å²) >= 11 is 5.85. The number of benzene rings is 1. The topological polar surface area (TPSA) is 75.8 Å². The van der Waals surface area contributed by atoms with E-state index in [2.05, 4.69) is 15.9 Å². The lowest BCUT2D eigenvalue weighted by atomic mass is 10.1. The van der Waals surface area contributed by atoms with E-state index in [-0.39, 0.29) is 18.5 Å². The molecule has 1 aliphatic heterocycles. The van der Waals surface area contributed by atoms with Crippen molar-refractivity contribution in [2.75, 3.05) is 6.61 Å². The monoisotopic (exact) mass is 315 g/mol. The van der Waals surface area contributed by atoms with Crippen molar-refractivity contribution in [3.8, 4) is 11.5 Å². The van der Waals surface area contributed by atoms with Crippen LogP contribution in [0.25, 0.3) is 11.5 Å². The minimum atomic E-state index is -0.105. The number of halogens is 2. The molecule has 5 nitrogen and oxygen atoms in total. The van der Waals surface area contributed by atoms with Crippen LogP contribution in [0.15, 0.2) is 28.7 Å². The molecule has 2 heterocycles. The van der Waals surface area contributed by atoms with Crippen LogP contribution in [0.3, 0.4) is 0 Å². The number of quaternary nitrogens is 1. The van der Waals surface area contributed by atoms with Gasteiger partial charge in [0.05, 0.1) is 6.61 Å². The summed E-state index contributed by atoms with van der Waals surface area (Å²) < 4.78 is 11.3. The largest absolute Gasteiger partial charge is 1.00 e. The molecule has 2 atom stereocenters. The van der Waals surface area contributed by atoms with Crippen molar-refractivity contribution in [3.63, 3.8) is 0 Å². The fourth-order valence-electron chi connectivity index (χ4n) is 2.07. The van der Waals surface area contributed by atoms with E-state index in [0.717, 1.165) is 18.4 Å². The van der Waals surface area contributed by atoms with Crippen LogP contribution in [-0.2, 0) is 4.74 Å². The predicted molar refractivity (Wildman–Crippen MR) is 69.3 cm³/mol. The van der Waals surface area contributed by atoms with Gasteiger partial charge in [-0.15, -0.1) is 10.2 Å². The van der Waals surface area contributed by atoms with Crippen LogP contribution in [0.2, 0.25) is 5.02 Å². The summed E-state index contributed by atoms with van der Waals surface area (Å²) in [6.45, 7) is 0.642. The van der Waals surface area contributed by atoms with Crippen molar-refractivity contribution in [1.29, 1.82) is 0 Å². The SMILES string of the molecule is [Cl-].[NH3+][C@@H]1CC[C@@H](c2nnc(-c3ccc(Cl)cc3)o2)OC1. The molecule has 0 spiro atoms. The quantitative estimate of drug-likeness (QED) is 0.760. The highest BCUT2D eigenvalue weighted by Crippen LogP contribution is 2.28. The Morgan fingerprint density at radius 2 is 1.90 bits per heavy atom. The Bertz CT molecular complexity index is 551. The van der Waals surface area contributed by atoms with Gasteiger partial charge in [-0.1, -0.05) is 11.6 Å². The molecule has 1 saturated heterocycles. The molecule has 20 heavy (non-hydrogen) atoms. The maximum absolute atomic E-state index is 5.85. The van der Waals surface area contributed by atoms with Gasteiger partial charge in [0.1, 0.15) is 12.1 Å². The molecular weight excluding hydrogens is 301 g/mol. The Balaban J connectivity index is 0.00000147. The fourth-order valence-corrected chi connectivity index (χ4v) is 2.20. The van der Waals surface area contributed by atoms with Crippen LogP contribution in [0, 0.1) is 0 Å². The molecule has 2 aromatic rings. The molecule has 1 aromatic heterocycles. The maximum atomic E-state index is 5.85. The second-order valence-electron chi connectivity index (χ2n) is 4.72. The molecule has 3 N–H and O–H groups in total. The molecule has 0 radical (unpaired) electrons. The molecule has 108 valence electrons. The molecule has 0 amide bonds. The minimum absolute atomic E-state index is 0. The summed E-state index contributed by atoms with van der Waals surface area (Å²) in [6.07, 6.45) is 1.78. The molecule has 0 aliphatic carbocycles. The maximum Gasteiger partial charge on any atom is 0.247 e. The molecule has 1 aliphatic rings. The molecule has 0 bridgehead atoms. The van der Waals surface area contributed by atoms with Crippen molar-refractivity contribution in [2.45, 2.75) is 25.0 Å². The highest BCUT2D eigenvalue weighted by atomic mass is 35.5. The molecule has 7 heteroatoms. The summed E-state index contributed by atoms with van der Waals surface area (Å²) in [5.74, 6) is 1.03. The van der Waals surface area contributed by atoms with E-state index in [1.165, 1.54) is 0 Å². The molecule has 3 rings (SSSR count). The van der Waals surface area contributed by atoms with Crippen molar-refractivity contribution < 1.29 is 27.3 Å². The molecule has 1 fully saturated rings. The van der Waals surface area contributed by atoms with Gasteiger partial charge in [-0.25, -0.2) is 0 Å². The first-order valence-corrected chi connectivity index (χ1v) is 6.64. The first-order chi connectivity index (χ1) is 9.22. The average molecular weight is 316 g/mol. The predicted octanol–water partition coefficient (Wildman–Crippen LogP) is -1.14. The van der Waals surface area contributed by atoms with Gasteiger partial charge >= 0.3 is 0 Å². The van der Waals surface area contributed by atoms with Gasteiger partial charge in [0, 0.05) is 17.0 Å². The second kappa shape index (κ2) is 6.54. The standard InChI is InChI=1S/C13H14ClN3O2.ClH/c14-9-3-1-8(2-4-9)12-16-17-13(19-12)11-6-5-10(15)7-18-11;/h1-4,10-11H,5-7,15H2;1H/t10-,11+;/m1./s1. The number of ether oxygens (including phenoxy) is 1. The number of rotatable bonds is 2. The van der Waals surface area contributed by atoms with Crippen LogP contribution in [0.1, 0.15) is 24.8 Å². The van der Waals surface area contributed by atoms with Crippen molar-refractivity contribution >= 4 is 11.6 Å². The lowest BCUT2D eigenvalue weighted by molar-refractivity contribution is -0.437. The fraction of sp³-hybridized carbons (Fsp3) is 0.385. The van der Waals surface area contributed by atoms with Crippen molar-refractivity contribution in [3.05, 3.63) is 35.2 Å². The zero-order valence-corrected chi connectivity index (χ0v) is 12.3. The second-order valence-corrected chi connectivity index (χ2v) is 5.15. The first kappa shape index (κ1) is 15.3. The van der Waals surface area contributed by atoms with Crippen LogP contribution in [0.5, 0.6) is 0 Å². The third kappa shape index (κ3) is 3.30. The Hall–Kier alpha value is -1.14. The summed E-state index contributed by atoms with van der Waals surface area (Å²) in [7, 11) is 0. The third-order valence-electron chi connectivity index (χ3n) is 3.18. The van der Waals surface area contributed by atoms with Crippen molar-refractivity contribution in [2.24, 2.45) is 0 Å². The Labute approximate surface area is 127 Å². The zero-order valence-electron chi connectivity index (χ0n) is 10.8. The van der Waals surface area contributed by atoms with Gasteiger partial charge in [0.15, 0.2) is 0 Å². The van der Waals surface area contributed by atoms with E-state index in [1.807, 2.05) is 12.1 Å². The number of hydrogen-bond acceptors (Lipinski definition) is 4. The molecule has 0 saturated carbocycles. The third-order valence-corrected chi connectivity index (χ3v) is 3.43. The van der Waals surface area contributed by atoms with E-state index in [9.17, 15) is 0 Å². The summed E-state index contributed by atoms with van der Waals surface area (Å²) in [5, 5.41) is 8.80. The van der Waals surface area contributed by atoms with Gasteiger partial charge in [-0.3, -0.25) is 0 Å². The number of hydrogen-bond donors (Lipinski definition) is 1. The zero-order chi connectivity index (χ0) is 13.2. The number of nitrogens with zero attached hydrogens (tertiary/aromatic N) is 2. The average Bonchev–Trinajstić information content (AvgIpc) is 2.90. The Kier molecular flexibility index (Phi) is 4.99. The summed E-state index contributed by atoms with van der Waals surface area (Å²) in [4.78, 5) is 0. The van der Waals surface area contributed by atoms with E-state index < -0.39 is 0 Å². The minimum Gasteiger partial charge on any atom is -1.00 e. The molecular formula is C13H15Cl2N3O2. The summed E-state index contributed by atoms with van der Waals surface area (Å²) in [5.41, 5.74) is 4.84. The lowest BCUT2D eigenvalue weighted by Crippen LogP contribution is -3.00. The van der Waals surface area contributed by atoms with Gasteiger partial charge in [-0.2, -0.15) is 0 Å². The van der Waals surface area contributed by atoms with Crippen LogP contribution < -0.4 is 18.1 Å². The van der Waals surface area contributed by atoms with Gasteiger partial charge < -0.3 is 27.3 Å². The Morgan fingerprint density at radius 3 is 2.55 bits per heavy atom. The molecule has 0 unspecified atom stereocenters. The smallest absolute Gasteiger partial charge is 0.247 e. The van der Waals surface area contributed by atoms with E-state index in [1.54, 1.807) is 12.1 Å². The van der Waals surface area contributed by atoms with Gasteiger partial charge in [0.2, 0.25) is 11.8 Å². The first-order valence-electron chi connectivity index (χ1n) is 6.26. The van der Waals surface area contributed by atoms with Crippen LogP contribution >= 0.6 is 11.6 Å². The van der Waals surface area contributed by atoms with Gasteiger partial charge in [-0.05, 0) is 30.7 Å². The lowest BCUT2D eigenvalue weighted by Gasteiger charge is -2.21. The normalized spacial score (nSPS) is 22.3. The highest BCUT2D eigenvalue weighted by Gasteiger charge is 2.27. The summed E-state index contributed by atoms with van der Waals surface area (Å²) in [6, 6.07) is 7.66. The van der Waals surface area contributed by atoms with Crippen LogP contribution in [0.4, 0.5) is 0 Å². The van der Waals surface area contributed by atoms with E-state index in [0.29, 0.717) is 29.5 Å². The number of aromatic nitrogens is 2. The molecule has 1 aromatic carbocycles. The van der Waals surface area contributed by atoms with Gasteiger partial charge in [0.25, 0.3) is 0 Å². The van der Waals surface area contributed by atoms with E-state index >= 15 is 0 Å². The van der Waals surface area contributed by atoms with E-state index in [4.69, 9.17) is 20.8 Å². The van der Waals surface area contributed by atoms with Crippen molar-refractivity contribution in [1.82, 2.24) is 10.2 Å². The Morgan fingerprint density at radius 1 is 1.15 bits per heavy atom. The highest BCUT2D eigenvalue weighted by molar-refractivity contribution is 6.30.